The van der Waals surface area contributed by atoms with Crippen LogP contribution in [0.4, 0.5) is 0 Å². The van der Waals surface area contributed by atoms with E-state index in [4.69, 9.17) is 5.73 Å². The standard InChI is InChI=1S/C15H26N4O2/c1-9(20)18-13(21)12(17)11(8-16)10-6-14(2,3)19-15(4,5)7-10/h9-10,19-20H,6-7,17H2,1-5H3,(H,18,21). The number of aliphatic hydroxyl groups excluding tert-OH is 1. The maximum absolute atomic E-state index is 11.9. The summed E-state index contributed by atoms with van der Waals surface area (Å²) in [4.78, 5) is 11.9. The zero-order chi connectivity index (χ0) is 16.4. The SMILES string of the molecule is CC(O)NC(=O)C(N)=C(C#N)C1CC(C)(C)NC(C)(C)C1. The topological polar surface area (TPSA) is 111 Å². The Morgan fingerprint density at radius 3 is 2.24 bits per heavy atom. The second kappa shape index (κ2) is 6.04. The Labute approximate surface area is 126 Å². The molecule has 1 atom stereocenters. The summed E-state index contributed by atoms with van der Waals surface area (Å²) in [5, 5.41) is 24.5. The van der Waals surface area contributed by atoms with Crippen molar-refractivity contribution in [3.63, 3.8) is 0 Å². The van der Waals surface area contributed by atoms with E-state index in [1.54, 1.807) is 0 Å². The van der Waals surface area contributed by atoms with Crippen molar-refractivity contribution in [3.8, 4) is 6.07 Å². The zero-order valence-corrected chi connectivity index (χ0v) is 13.4. The van der Waals surface area contributed by atoms with E-state index in [9.17, 15) is 15.2 Å². The van der Waals surface area contributed by atoms with Crippen molar-refractivity contribution in [1.29, 1.82) is 5.26 Å². The van der Waals surface area contributed by atoms with E-state index < -0.39 is 12.1 Å². The normalized spacial score (nSPS) is 23.7. The summed E-state index contributed by atoms with van der Waals surface area (Å²) in [6, 6.07) is 2.09. The maximum atomic E-state index is 11.9. The van der Waals surface area contributed by atoms with Gasteiger partial charge in [-0.15, -0.1) is 0 Å². The predicted octanol–water partition coefficient (Wildman–Crippen LogP) is 0.734. The minimum absolute atomic E-state index is 0.0824. The Hall–Kier alpha value is -1.58. The fraction of sp³-hybridized carbons (Fsp3) is 0.733. The van der Waals surface area contributed by atoms with Gasteiger partial charge in [-0.3, -0.25) is 4.79 Å². The highest BCUT2D eigenvalue weighted by molar-refractivity contribution is 5.94. The number of piperidine rings is 1. The van der Waals surface area contributed by atoms with Crippen LogP contribution in [0.1, 0.15) is 47.5 Å². The quantitative estimate of drug-likeness (QED) is 0.348. The van der Waals surface area contributed by atoms with Gasteiger partial charge in [0.15, 0.2) is 0 Å². The summed E-state index contributed by atoms with van der Waals surface area (Å²) < 4.78 is 0. The molecule has 0 aliphatic carbocycles. The highest BCUT2D eigenvalue weighted by Crippen LogP contribution is 2.37. The molecule has 0 bridgehead atoms. The zero-order valence-electron chi connectivity index (χ0n) is 13.4. The molecule has 1 aliphatic rings. The van der Waals surface area contributed by atoms with Gasteiger partial charge in [0, 0.05) is 11.1 Å². The molecule has 0 aromatic rings. The highest BCUT2D eigenvalue weighted by atomic mass is 16.3. The average molecular weight is 294 g/mol. The first-order chi connectivity index (χ1) is 9.47. The van der Waals surface area contributed by atoms with Gasteiger partial charge in [0.25, 0.3) is 5.91 Å². The van der Waals surface area contributed by atoms with Crippen molar-refractivity contribution in [2.45, 2.75) is 64.8 Å². The van der Waals surface area contributed by atoms with Gasteiger partial charge in [-0.1, -0.05) is 0 Å². The van der Waals surface area contributed by atoms with Crippen molar-refractivity contribution in [1.82, 2.24) is 10.6 Å². The molecular formula is C15H26N4O2. The number of carbonyl (C=O) groups excluding carboxylic acids is 1. The summed E-state index contributed by atoms with van der Waals surface area (Å²) in [7, 11) is 0. The van der Waals surface area contributed by atoms with Gasteiger partial charge < -0.3 is 21.5 Å². The summed E-state index contributed by atoms with van der Waals surface area (Å²) >= 11 is 0. The minimum Gasteiger partial charge on any atom is -0.393 e. The molecular weight excluding hydrogens is 268 g/mol. The third kappa shape index (κ3) is 4.73. The second-order valence-electron chi connectivity index (χ2n) is 7.09. The van der Waals surface area contributed by atoms with Crippen molar-refractivity contribution in [2.75, 3.05) is 0 Å². The fourth-order valence-corrected chi connectivity index (χ4v) is 3.29. The number of rotatable bonds is 3. The Morgan fingerprint density at radius 1 is 1.38 bits per heavy atom. The van der Waals surface area contributed by atoms with Crippen LogP contribution in [0.25, 0.3) is 0 Å². The van der Waals surface area contributed by atoms with E-state index in [0.29, 0.717) is 5.57 Å². The second-order valence-corrected chi connectivity index (χ2v) is 7.09. The lowest BCUT2D eigenvalue weighted by molar-refractivity contribution is -0.120. The molecule has 1 fully saturated rings. The largest absolute Gasteiger partial charge is 0.393 e. The molecule has 1 amide bonds. The average Bonchev–Trinajstić information content (AvgIpc) is 2.24. The molecule has 6 nitrogen and oxygen atoms in total. The van der Waals surface area contributed by atoms with Crippen molar-refractivity contribution in [3.05, 3.63) is 11.3 Å². The molecule has 5 N–H and O–H groups in total. The number of nitrogens with one attached hydrogen (secondary N) is 2. The molecule has 0 aromatic carbocycles. The molecule has 0 saturated carbocycles. The Balaban J connectivity index is 3.09. The van der Waals surface area contributed by atoms with Crippen LogP contribution in [0, 0.1) is 17.2 Å². The number of nitrogens with zero attached hydrogens (tertiary/aromatic N) is 1. The van der Waals surface area contributed by atoms with E-state index in [-0.39, 0.29) is 22.7 Å². The summed E-state index contributed by atoms with van der Waals surface area (Å²) in [5.41, 5.74) is 5.76. The summed E-state index contributed by atoms with van der Waals surface area (Å²) in [5.74, 6) is -0.684. The smallest absolute Gasteiger partial charge is 0.270 e. The monoisotopic (exact) mass is 294 g/mol. The van der Waals surface area contributed by atoms with Gasteiger partial charge in [0.2, 0.25) is 0 Å². The lowest BCUT2D eigenvalue weighted by atomic mass is 9.73. The van der Waals surface area contributed by atoms with Gasteiger partial charge in [0.05, 0.1) is 11.6 Å². The first kappa shape index (κ1) is 17.5. The van der Waals surface area contributed by atoms with E-state index >= 15 is 0 Å². The number of allylic oxidation sites excluding steroid dienone is 1. The van der Waals surface area contributed by atoms with E-state index in [1.165, 1.54) is 6.92 Å². The maximum Gasteiger partial charge on any atom is 0.270 e. The molecule has 1 heterocycles. The number of amides is 1. The summed E-state index contributed by atoms with van der Waals surface area (Å²) in [6.07, 6.45) is 0.446. The molecule has 118 valence electrons. The predicted molar refractivity (Wildman–Crippen MR) is 80.7 cm³/mol. The van der Waals surface area contributed by atoms with Crippen molar-refractivity contribution in [2.24, 2.45) is 11.7 Å². The number of carbonyl (C=O) groups is 1. The minimum atomic E-state index is -1.00. The van der Waals surface area contributed by atoms with Crippen LogP contribution in [-0.4, -0.2) is 28.3 Å². The lowest BCUT2D eigenvalue weighted by Crippen LogP contribution is -2.58. The van der Waals surface area contributed by atoms with Crippen LogP contribution in [-0.2, 0) is 4.79 Å². The van der Waals surface area contributed by atoms with E-state index in [1.807, 2.05) is 0 Å². The summed E-state index contributed by atoms with van der Waals surface area (Å²) in [6.45, 7) is 9.71. The van der Waals surface area contributed by atoms with Crippen LogP contribution in [0.3, 0.4) is 0 Å². The van der Waals surface area contributed by atoms with Crippen LogP contribution in [0.5, 0.6) is 0 Å². The number of aliphatic hydroxyl groups is 1. The van der Waals surface area contributed by atoms with Gasteiger partial charge >= 0.3 is 0 Å². The Morgan fingerprint density at radius 2 is 1.86 bits per heavy atom. The van der Waals surface area contributed by atoms with Crippen molar-refractivity contribution >= 4 is 5.91 Å². The molecule has 0 spiro atoms. The third-order valence-corrected chi connectivity index (χ3v) is 3.59. The number of nitriles is 1. The molecule has 6 heteroatoms. The van der Waals surface area contributed by atoms with E-state index in [2.05, 4.69) is 44.4 Å². The van der Waals surface area contributed by atoms with Crippen LogP contribution in [0.2, 0.25) is 0 Å². The van der Waals surface area contributed by atoms with Crippen LogP contribution >= 0.6 is 0 Å². The van der Waals surface area contributed by atoms with E-state index in [0.717, 1.165) is 12.8 Å². The van der Waals surface area contributed by atoms with Gasteiger partial charge in [-0.2, -0.15) is 5.26 Å². The molecule has 1 rings (SSSR count). The first-order valence-corrected chi connectivity index (χ1v) is 7.15. The third-order valence-electron chi connectivity index (χ3n) is 3.59. The molecule has 21 heavy (non-hydrogen) atoms. The number of hydrogen-bond acceptors (Lipinski definition) is 5. The van der Waals surface area contributed by atoms with Crippen LogP contribution in [0.15, 0.2) is 11.3 Å². The van der Waals surface area contributed by atoms with Gasteiger partial charge in [-0.05, 0) is 53.4 Å². The Bertz CT molecular complexity index is 470. The van der Waals surface area contributed by atoms with Gasteiger partial charge in [-0.25, -0.2) is 0 Å². The van der Waals surface area contributed by atoms with Crippen LogP contribution < -0.4 is 16.4 Å². The molecule has 1 unspecified atom stereocenters. The fourth-order valence-electron chi connectivity index (χ4n) is 3.29. The Kier molecular flexibility index (Phi) is 5.03. The lowest BCUT2D eigenvalue weighted by Gasteiger charge is -2.46. The van der Waals surface area contributed by atoms with Gasteiger partial charge in [0.1, 0.15) is 11.9 Å². The molecule has 1 aliphatic heterocycles. The first-order valence-electron chi connectivity index (χ1n) is 7.15. The molecule has 0 radical (unpaired) electrons. The number of nitrogens with two attached hydrogens (primary N) is 1. The molecule has 0 aromatic heterocycles. The van der Waals surface area contributed by atoms with Crippen molar-refractivity contribution < 1.29 is 9.90 Å². The number of hydrogen-bond donors (Lipinski definition) is 4. The molecule has 1 saturated heterocycles. The highest BCUT2D eigenvalue weighted by Gasteiger charge is 2.40.